The maximum absolute atomic E-state index is 12.1. The van der Waals surface area contributed by atoms with E-state index < -0.39 is 36.0 Å². The normalized spacial score (nSPS) is 30.1. The minimum absolute atomic E-state index is 0.0730. The first-order chi connectivity index (χ1) is 13.3. The molecule has 0 unspecified atom stereocenters. The molecule has 2 aliphatic heterocycles. The molecule has 152 valence electrons. The highest BCUT2D eigenvalue weighted by Crippen LogP contribution is 2.42. The van der Waals surface area contributed by atoms with E-state index in [1.165, 1.54) is 13.0 Å². The Bertz CT molecular complexity index is 736. The molecule has 1 spiro atoms. The van der Waals surface area contributed by atoms with Crippen LogP contribution in [-0.2, 0) is 28.5 Å². The standard InChI is InChI=1S/C21H26O7/c1-5-6-7-8-9-17-19(27-18(23)12-14(2)3)20(24)21(28-17)11-10-16(13-25-21)26-15(4)22/h9,14,16,19-20,24H,10-13H2,1-4H3/b17-9+/t16-,19+,20-,21+/m0/s1. The molecule has 2 saturated heterocycles. The number of aliphatic hydroxyl groups is 1. The van der Waals surface area contributed by atoms with Gasteiger partial charge < -0.3 is 24.1 Å². The van der Waals surface area contributed by atoms with Crippen LogP contribution in [0.3, 0.4) is 0 Å². The molecule has 0 saturated carbocycles. The lowest BCUT2D eigenvalue weighted by Crippen LogP contribution is -2.51. The summed E-state index contributed by atoms with van der Waals surface area (Å²) in [5.41, 5.74) is 0. The van der Waals surface area contributed by atoms with Gasteiger partial charge in [0.05, 0.1) is 6.61 Å². The minimum Gasteiger partial charge on any atom is -0.460 e. The number of allylic oxidation sites excluding steroid dienone is 1. The van der Waals surface area contributed by atoms with E-state index in [2.05, 4.69) is 23.7 Å². The molecule has 0 amide bonds. The molecule has 0 radical (unpaired) electrons. The Kier molecular flexibility index (Phi) is 7.51. The highest BCUT2D eigenvalue weighted by atomic mass is 16.7. The van der Waals surface area contributed by atoms with Crippen molar-refractivity contribution in [3.05, 3.63) is 11.8 Å². The molecule has 2 fully saturated rings. The van der Waals surface area contributed by atoms with Gasteiger partial charge in [-0.25, -0.2) is 0 Å². The van der Waals surface area contributed by atoms with Crippen LogP contribution in [0.1, 0.15) is 47.0 Å². The van der Waals surface area contributed by atoms with Crippen LogP contribution in [0.25, 0.3) is 0 Å². The number of carbonyl (C=O) groups excluding carboxylic acids is 2. The molecular weight excluding hydrogens is 364 g/mol. The van der Waals surface area contributed by atoms with Gasteiger partial charge in [-0.05, 0) is 31.1 Å². The maximum atomic E-state index is 12.1. The summed E-state index contributed by atoms with van der Waals surface area (Å²) in [7, 11) is 0. The average Bonchev–Trinajstić information content (AvgIpc) is 2.85. The molecule has 2 rings (SSSR count). The first kappa shape index (κ1) is 21.8. The van der Waals surface area contributed by atoms with Crippen LogP contribution in [-0.4, -0.2) is 47.8 Å². The lowest BCUT2D eigenvalue weighted by atomic mass is 9.97. The number of ether oxygens (including phenoxy) is 4. The zero-order chi connectivity index (χ0) is 20.7. The van der Waals surface area contributed by atoms with Gasteiger partial charge in [-0.15, -0.1) is 0 Å². The summed E-state index contributed by atoms with van der Waals surface area (Å²) in [4.78, 5) is 23.3. The summed E-state index contributed by atoms with van der Waals surface area (Å²) in [6.45, 7) is 6.86. The molecular formula is C21H26O7. The molecule has 0 aromatic rings. The molecule has 0 aliphatic carbocycles. The molecule has 2 heterocycles. The van der Waals surface area contributed by atoms with Gasteiger partial charge in [-0.3, -0.25) is 9.59 Å². The van der Waals surface area contributed by atoms with Crippen LogP contribution in [0, 0.1) is 29.6 Å². The molecule has 0 aromatic carbocycles. The van der Waals surface area contributed by atoms with Crippen molar-refractivity contribution in [1.29, 1.82) is 0 Å². The van der Waals surface area contributed by atoms with Crippen molar-refractivity contribution in [3.8, 4) is 23.7 Å². The van der Waals surface area contributed by atoms with Crippen molar-refractivity contribution in [2.75, 3.05) is 6.61 Å². The predicted octanol–water partition coefficient (Wildman–Crippen LogP) is 1.68. The van der Waals surface area contributed by atoms with Crippen molar-refractivity contribution in [2.24, 2.45) is 5.92 Å². The van der Waals surface area contributed by atoms with E-state index in [-0.39, 0.29) is 31.1 Å². The molecule has 0 bridgehead atoms. The van der Waals surface area contributed by atoms with Crippen molar-refractivity contribution >= 4 is 11.9 Å². The van der Waals surface area contributed by atoms with Crippen LogP contribution < -0.4 is 0 Å². The summed E-state index contributed by atoms with van der Waals surface area (Å²) in [5.74, 6) is 8.69. The lowest BCUT2D eigenvalue weighted by molar-refractivity contribution is -0.275. The lowest BCUT2D eigenvalue weighted by Gasteiger charge is -2.37. The second kappa shape index (κ2) is 9.64. The molecule has 4 atom stereocenters. The van der Waals surface area contributed by atoms with E-state index >= 15 is 0 Å². The SMILES string of the molecule is CC#CC#C/C=C1/O[C@]2(CC[C@H](OC(C)=O)CO2)[C@@H](O)[C@@H]1OC(=O)CC(C)C. The predicted molar refractivity (Wildman–Crippen MR) is 99.2 cm³/mol. The molecule has 28 heavy (non-hydrogen) atoms. The van der Waals surface area contributed by atoms with Crippen molar-refractivity contribution < 1.29 is 33.6 Å². The third kappa shape index (κ3) is 5.51. The van der Waals surface area contributed by atoms with Crippen LogP contribution in [0.5, 0.6) is 0 Å². The van der Waals surface area contributed by atoms with E-state index in [1.54, 1.807) is 6.92 Å². The van der Waals surface area contributed by atoms with Gasteiger partial charge in [-0.1, -0.05) is 25.7 Å². The Balaban J connectivity index is 2.19. The van der Waals surface area contributed by atoms with Crippen LogP contribution in [0.15, 0.2) is 11.8 Å². The molecule has 7 heteroatoms. The van der Waals surface area contributed by atoms with Crippen LogP contribution in [0.4, 0.5) is 0 Å². The van der Waals surface area contributed by atoms with Gasteiger partial charge in [0.2, 0.25) is 5.79 Å². The second-order valence-electron chi connectivity index (χ2n) is 7.14. The Labute approximate surface area is 165 Å². The van der Waals surface area contributed by atoms with Gasteiger partial charge >= 0.3 is 11.9 Å². The minimum atomic E-state index is -1.37. The smallest absolute Gasteiger partial charge is 0.306 e. The summed E-state index contributed by atoms with van der Waals surface area (Å²) in [6, 6.07) is 0. The number of carbonyl (C=O) groups is 2. The number of esters is 2. The molecule has 1 N–H and O–H groups in total. The highest BCUT2D eigenvalue weighted by Gasteiger charge is 2.57. The molecule has 2 aliphatic rings. The Morgan fingerprint density at radius 3 is 2.68 bits per heavy atom. The Morgan fingerprint density at radius 2 is 2.11 bits per heavy atom. The third-order valence-corrected chi connectivity index (χ3v) is 4.28. The summed E-state index contributed by atoms with van der Waals surface area (Å²) in [6.07, 6.45) is -0.308. The number of hydrogen-bond acceptors (Lipinski definition) is 7. The Morgan fingerprint density at radius 1 is 1.36 bits per heavy atom. The fraction of sp³-hybridized carbons (Fsp3) is 0.619. The largest absolute Gasteiger partial charge is 0.460 e. The first-order valence-electron chi connectivity index (χ1n) is 9.27. The third-order valence-electron chi connectivity index (χ3n) is 4.28. The van der Waals surface area contributed by atoms with Crippen LogP contribution in [0.2, 0.25) is 0 Å². The topological polar surface area (TPSA) is 91.3 Å². The fourth-order valence-electron chi connectivity index (χ4n) is 3.06. The first-order valence-corrected chi connectivity index (χ1v) is 9.27. The summed E-state index contributed by atoms with van der Waals surface area (Å²) in [5, 5.41) is 10.8. The van der Waals surface area contributed by atoms with Gasteiger partial charge in [0, 0.05) is 25.8 Å². The van der Waals surface area contributed by atoms with Crippen molar-refractivity contribution in [1.82, 2.24) is 0 Å². The number of aliphatic hydroxyl groups excluding tert-OH is 1. The number of hydrogen-bond donors (Lipinski definition) is 1. The number of rotatable bonds is 4. The van der Waals surface area contributed by atoms with E-state index in [1.807, 2.05) is 13.8 Å². The zero-order valence-corrected chi connectivity index (χ0v) is 16.6. The average molecular weight is 390 g/mol. The molecule has 0 aromatic heterocycles. The second-order valence-corrected chi connectivity index (χ2v) is 7.14. The van der Waals surface area contributed by atoms with Gasteiger partial charge in [0.1, 0.15) is 6.10 Å². The zero-order valence-electron chi connectivity index (χ0n) is 16.6. The van der Waals surface area contributed by atoms with E-state index in [0.29, 0.717) is 6.42 Å². The fourth-order valence-corrected chi connectivity index (χ4v) is 3.06. The van der Waals surface area contributed by atoms with Crippen LogP contribution >= 0.6 is 0 Å². The van der Waals surface area contributed by atoms with Gasteiger partial charge in [-0.2, -0.15) is 0 Å². The summed E-state index contributed by atoms with van der Waals surface area (Å²) >= 11 is 0. The maximum Gasteiger partial charge on any atom is 0.306 e. The quantitative estimate of drug-likeness (QED) is 0.577. The molecule has 7 nitrogen and oxygen atoms in total. The van der Waals surface area contributed by atoms with E-state index in [0.717, 1.165) is 0 Å². The highest BCUT2D eigenvalue weighted by molar-refractivity contribution is 5.70. The monoisotopic (exact) mass is 390 g/mol. The van der Waals surface area contributed by atoms with E-state index in [9.17, 15) is 14.7 Å². The van der Waals surface area contributed by atoms with Gasteiger partial charge in [0.15, 0.2) is 18.0 Å². The van der Waals surface area contributed by atoms with E-state index in [4.69, 9.17) is 18.9 Å². The Hall–Kier alpha value is -2.48. The van der Waals surface area contributed by atoms with Gasteiger partial charge in [0.25, 0.3) is 0 Å². The van der Waals surface area contributed by atoms with Crippen molar-refractivity contribution in [2.45, 2.75) is 71.1 Å². The summed E-state index contributed by atoms with van der Waals surface area (Å²) < 4.78 is 22.2. The van der Waals surface area contributed by atoms with Crippen molar-refractivity contribution in [3.63, 3.8) is 0 Å².